The Morgan fingerprint density at radius 3 is 2.32 bits per heavy atom. The highest BCUT2D eigenvalue weighted by atomic mass is 32.2. The smallest absolute Gasteiger partial charge is 0.153 e. The fraction of sp³-hybridized carbons (Fsp3) is 1.00. The van der Waals surface area contributed by atoms with Gasteiger partial charge in [0.15, 0.2) is 9.84 Å². The van der Waals surface area contributed by atoms with E-state index < -0.39 is 9.84 Å². The molecule has 0 amide bonds. The van der Waals surface area contributed by atoms with Gasteiger partial charge in [-0.05, 0) is 5.92 Å². The molecular weight excluding hydrogens is 264 g/mol. The fourth-order valence-electron chi connectivity index (χ4n) is 3.28. The molecule has 0 bridgehead atoms. The second kappa shape index (κ2) is 6.08. The van der Waals surface area contributed by atoms with Crippen molar-refractivity contribution in [3.63, 3.8) is 0 Å². The van der Waals surface area contributed by atoms with Gasteiger partial charge in [-0.1, -0.05) is 13.8 Å². The molecule has 6 heteroatoms. The molecule has 19 heavy (non-hydrogen) atoms. The lowest BCUT2D eigenvalue weighted by atomic mass is 10.0. The lowest BCUT2D eigenvalue weighted by Crippen LogP contribution is -2.60. The second-order valence-corrected chi connectivity index (χ2v) is 8.28. The number of sulfone groups is 1. The maximum atomic E-state index is 12.0. The molecule has 0 aliphatic carbocycles. The Balaban J connectivity index is 2.09. The molecule has 0 spiro atoms. The van der Waals surface area contributed by atoms with Crippen LogP contribution in [0.5, 0.6) is 0 Å². The van der Waals surface area contributed by atoms with E-state index in [-0.39, 0.29) is 12.1 Å². The summed E-state index contributed by atoms with van der Waals surface area (Å²) < 4.78 is 29.1. The number of hydrogen-bond donors (Lipinski definition) is 0. The molecule has 0 aromatic carbocycles. The van der Waals surface area contributed by atoms with Crippen molar-refractivity contribution in [3.05, 3.63) is 0 Å². The first kappa shape index (κ1) is 15.2. The van der Waals surface area contributed by atoms with E-state index in [2.05, 4.69) is 23.6 Å². The molecule has 112 valence electrons. The van der Waals surface area contributed by atoms with Crippen LogP contribution in [0.3, 0.4) is 0 Å². The second-order valence-electron chi connectivity index (χ2n) is 6.13. The molecule has 0 aromatic heterocycles. The van der Waals surface area contributed by atoms with Gasteiger partial charge >= 0.3 is 0 Å². The van der Waals surface area contributed by atoms with Gasteiger partial charge in [0, 0.05) is 45.4 Å². The van der Waals surface area contributed by atoms with Crippen LogP contribution in [0.25, 0.3) is 0 Å². The van der Waals surface area contributed by atoms with E-state index >= 15 is 0 Å². The molecule has 0 radical (unpaired) electrons. The van der Waals surface area contributed by atoms with Crippen molar-refractivity contribution in [2.24, 2.45) is 5.92 Å². The van der Waals surface area contributed by atoms with Gasteiger partial charge in [0.05, 0.1) is 18.1 Å². The van der Waals surface area contributed by atoms with E-state index in [4.69, 9.17) is 4.74 Å². The van der Waals surface area contributed by atoms with E-state index in [0.717, 1.165) is 26.2 Å². The molecule has 2 fully saturated rings. The largest absolute Gasteiger partial charge is 0.383 e. The van der Waals surface area contributed by atoms with Gasteiger partial charge < -0.3 is 4.74 Å². The third-order valence-corrected chi connectivity index (χ3v) is 5.79. The Morgan fingerprint density at radius 1 is 1.16 bits per heavy atom. The van der Waals surface area contributed by atoms with Gasteiger partial charge in [-0.15, -0.1) is 0 Å². The minimum atomic E-state index is -2.88. The van der Waals surface area contributed by atoms with E-state index in [9.17, 15) is 8.42 Å². The summed E-state index contributed by atoms with van der Waals surface area (Å²) >= 11 is 0. The summed E-state index contributed by atoms with van der Waals surface area (Å²) in [4.78, 5) is 4.68. The molecular formula is C13H26N2O3S. The number of hydrogen-bond acceptors (Lipinski definition) is 5. The third kappa shape index (κ3) is 3.68. The van der Waals surface area contributed by atoms with Gasteiger partial charge in [0.1, 0.15) is 0 Å². The average molecular weight is 290 g/mol. The Bertz CT molecular complexity index is 397. The number of piperazine rings is 1. The third-order valence-electron chi connectivity index (χ3n) is 4.09. The van der Waals surface area contributed by atoms with Crippen LogP contribution in [-0.2, 0) is 14.6 Å². The molecule has 2 heterocycles. The minimum absolute atomic E-state index is 0.160. The van der Waals surface area contributed by atoms with Crippen LogP contribution < -0.4 is 0 Å². The van der Waals surface area contributed by atoms with Crippen LogP contribution in [-0.4, -0.2) is 81.7 Å². The number of fused-ring (bicyclic) bond motifs is 1. The molecule has 0 N–H and O–H groups in total. The topological polar surface area (TPSA) is 49.9 Å². The molecule has 2 atom stereocenters. The Hall–Kier alpha value is -0.170. The SMILES string of the molecule is COCCN1CCN(CC(C)C)[C@H]2CS(=O)(=O)C[C@H]21. The summed E-state index contributed by atoms with van der Waals surface area (Å²) in [6.07, 6.45) is 0. The maximum Gasteiger partial charge on any atom is 0.153 e. The molecule has 0 unspecified atom stereocenters. The molecule has 2 rings (SSSR count). The minimum Gasteiger partial charge on any atom is -0.383 e. The van der Waals surface area contributed by atoms with Crippen molar-refractivity contribution in [2.45, 2.75) is 25.9 Å². The van der Waals surface area contributed by atoms with Crippen LogP contribution in [0.2, 0.25) is 0 Å². The zero-order chi connectivity index (χ0) is 14.0. The van der Waals surface area contributed by atoms with Crippen LogP contribution in [0.1, 0.15) is 13.8 Å². The lowest BCUT2D eigenvalue weighted by Gasteiger charge is -2.44. The summed E-state index contributed by atoms with van der Waals surface area (Å²) in [5, 5.41) is 0. The van der Waals surface area contributed by atoms with Crippen molar-refractivity contribution in [1.82, 2.24) is 9.80 Å². The first-order valence-electron chi connectivity index (χ1n) is 7.10. The van der Waals surface area contributed by atoms with Crippen LogP contribution in [0, 0.1) is 5.92 Å². The lowest BCUT2D eigenvalue weighted by molar-refractivity contribution is 0.0240. The predicted octanol–water partition coefficient (Wildman–Crippen LogP) is 0.0720. The maximum absolute atomic E-state index is 12.0. The number of rotatable bonds is 5. The Labute approximate surface area is 116 Å². The highest BCUT2D eigenvalue weighted by Crippen LogP contribution is 2.27. The monoisotopic (exact) mass is 290 g/mol. The summed E-state index contributed by atoms with van der Waals surface area (Å²) in [5.74, 6) is 1.22. The van der Waals surface area contributed by atoms with E-state index in [1.54, 1.807) is 7.11 Å². The quantitative estimate of drug-likeness (QED) is 0.717. The first-order chi connectivity index (χ1) is 8.93. The number of methoxy groups -OCH3 is 1. The fourth-order valence-corrected chi connectivity index (χ4v) is 5.32. The van der Waals surface area contributed by atoms with Gasteiger partial charge in [0.2, 0.25) is 0 Å². The molecule has 5 nitrogen and oxygen atoms in total. The highest BCUT2D eigenvalue weighted by Gasteiger charge is 2.46. The zero-order valence-corrected chi connectivity index (χ0v) is 13.0. The Kier molecular flexibility index (Phi) is 4.87. The number of nitrogens with zero attached hydrogens (tertiary/aromatic N) is 2. The van der Waals surface area contributed by atoms with Crippen LogP contribution in [0.15, 0.2) is 0 Å². The van der Waals surface area contributed by atoms with Crippen molar-refractivity contribution in [2.75, 3.05) is 51.4 Å². The van der Waals surface area contributed by atoms with Gasteiger partial charge in [-0.3, -0.25) is 9.80 Å². The molecule has 2 aliphatic rings. The normalized spacial score (nSPS) is 31.8. The number of ether oxygens (including phenoxy) is 1. The molecule has 2 aliphatic heterocycles. The Morgan fingerprint density at radius 2 is 1.74 bits per heavy atom. The van der Waals surface area contributed by atoms with E-state index in [0.29, 0.717) is 24.0 Å². The summed E-state index contributed by atoms with van der Waals surface area (Å²) in [7, 11) is -1.19. The summed E-state index contributed by atoms with van der Waals surface area (Å²) in [6, 6.07) is 0.339. The van der Waals surface area contributed by atoms with Crippen molar-refractivity contribution in [3.8, 4) is 0 Å². The first-order valence-corrected chi connectivity index (χ1v) is 8.92. The summed E-state index contributed by atoms with van der Waals surface area (Å²) in [5.41, 5.74) is 0. The predicted molar refractivity (Wildman–Crippen MR) is 76.1 cm³/mol. The standard InChI is InChI=1S/C13H26N2O3S/c1-11(2)8-15-5-4-14(6-7-18-3)12-9-19(16,17)10-13(12)15/h11-13H,4-10H2,1-3H3/t12-,13+/m1/s1. The molecule has 0 saturated carbocycles. The van der Waals surface area contributed by atoms with Crippen LogP contribution in [0.4, 0.5) is 0 Å². The van der Waals surface area contributed by atoms with Gasteiger partial charge in [-0.25, -0.2) is 8.42 Å². The van der Waals surface area contributed by atoms with E-state index in [1.165, 1.54) is 0 Å². The highest BCUT2D eigenvalue weighted by molar-refractivity contribution is 7.91. The van der Waals surface area contributed by atoms with Crippen LogP contribution >= 0.6 is 0 Å². The summed E-state index contributed by atoms with van der Waals surface area (Å²) in [6.45, 7) is 8.81. The van der Waals surface area contributed by atoms with Crippen molar-refractivity contribution in [1.29, 1.82) is 0 Å². The molecule has 0 aromatic rings. The zero-order valence-electron chi connectivity index (χ0n) is 12.2. The van der Waals surface area contributed by atoms with Gasteiger partial charge in [-0.2, -0.15) is 0 Å². The molecule has 2 saturated heterocycles. The van der Waals surface area contributed by atoms with Crippen molar-refractivity contribution < 1.29 is 13.2 Å². The van der Waals surface area contributed by atoms with Gasteiger partial charge in [0.25, 0.3) is 0 Å². The van der Waals surface area contributed by atoms with Crippen molar-refractivity contribution >= 4 is 9.84 Å². The average Bonchev–Trinajstić information content (AvgIpc) is 2.63. The van der Waals surface area contributed by atoms with E-state index in [1.807, 2.05) is 0 Å².